The van der Waals surface area contributed by atoms with Gasteiger partial charge in [-0.05, 0) is 12.1 Å². The van der Waals surface area contributed by atoms with Crippen LogP contribution in [0.2, 0.25) is 0 Å². The van der Waals surface area contributed by atoms with Gasteiger partial charge in [0.25, 0.3) is 5.91 Å². The molecule has 1 aromatic heterocycles. The minimum atomic E-state index is -0.548. The number of hydrogen-bond acceptors (Lipinski definition) is 3. The van der Waals surface area contributed by atoms with Gasteiger partial charge >= 0.3 is 18.6 Å². The fourth-order valence-electron chi connectivity index (χ4n) is 0.562. The van der Waals surface area contributed by atoms with Gasteiger partial charge in [-0.1, -0.05) is 0 Å². The fourth-order valence-corrected chi connectivity index (χ4v) is 0.562. The maximum absolute atomic E-state index is 10.6. The Hall–Kier alpha value is -0.296. The van der Waals surface area contributed by atoms with E-state index in [1.165, 1.54) is 11.7 Å². The molecule has 0 unspecified atom stereocenters. The Labute approximate surface area is 105 Å². The molecule has 1 amide bonds. The molecule has 1 radical (unpaired) electrons. The van der Waals surface area contributed by atoms with Crippen LogP contribution in [0, 0.1) is 0 Å². The van der Waals surface area contributed by atoms with Gasteiger partial charge in [0.15, 0.2) is 0 Å². The molecule has 0 saturated carbocycles. The van der Waals surface area contributed by atoms with Gasteiger partial charge in [0.05, 0.1) is 5.56 Å². The molecule has 0 aromatic carbocycles. The van der Waals surface area contributed by atoms with E-state index in [2.05, 4.69) is 4.98 Å². The zero-order chi connectivity index (χ0) is 7.40. The quantitative estimate of drug-likeness (QED) is 0.395. The number of aromatic nitrogens is 1. The van der Waals surface area contributed by atoms with Crippen molar-refractivity contribution < 1.29 is 58.8 Å². The van der Waals surface area contributed by atoms with Gasteiger partial charge in [0, 0.05) is 12.4 Å². The van der Waals surface area contributed by atoms with Crippen LogP contribution in [0.4, 0.5) is 0 Å². The van der Waals surface area contributed by atoms with Crippen molar-refractivity contribution >= 4 is 5.91 Å². The first-order chi connectivity index (χ1) is 4.84. The van der Waals surface area contributed by atoms with Gasteiger partial charge in [0.1, 0.15) is 0 Å². The molecule has 1 aromatic rings. The largest absolute Gasteiger partial charge is 4.00 e. The van der Waals surface area contributed by atoms with Crippen molar-refractivity contribution in [2.24, 2.45) is 0 Å². The van der Waals surface area contributed by atoms with Crippen LogP contribution in [-0.4, -0.2) is 16.1 Å². The maximum Gasteiger partial charge on any atom is 4.00 e. The summed E-state index contributed by atoms with van der Waals surface area (Å²) in [5.74, 6) is -0.548. The first kappa shape index (κ1) is 23.5. The van der Waals surface area contributed by atoms with E-state index in [-0.39, 0.29) is 48.8 Å². The second-order valence-electron chi connectivity index (χ2n) is 1.68. The molecule has 1 rings (SSSR count). The Morgan fingerprint density at radius 3 is 2.36 bits per heavy atom. The Balaban J connectivity index is -0.000000125. The summed E-state index contributed by atoms with van der Waals surface area (Å²) in [6, 6.07) is 3.17. The number of hydrogen-bond donors (Lipinski definition) is 2. The van der Waals surface area contributed by atoms with E-state index in [0.717, 1.165) is 0 Å². The maximum atomic E-state index is 10.6. The van der Waals surface area contributed by atoms with Gasteiger partial charge in [0.2, 0.25) is 0 Å². The van der Waals surface area contributed by atoms with Gasteiger partial charge in [-0.3, -0.25) is 15.0 Å². The van der Waals surface area contributed by atoms with Crippen molar-refractivity contribution in [1.82, 2.24) is 10.5 Å². The summed E-state index contributed by atoms with van der Waals surface area (Å²) in [4.78, 5) is 14.3. The zero-order valence-electron chi connectivity index (χ0n) is 6.72. The number of nitrogens with one attached hydrogen (secondary N) is 1. The summed E-state index contributed by atoms with van der Waals surface area (Å²) in [6.07, 6.45) is 2.92. The number of amides is 1. The first-order valence-corrected chi connectivity index (χ1v) is 2.69. The third-order valence-corrected chi connectivity index (χ3v) is 1.03. The van der Waals surface area contributed by atoms with Crippen LogP contribution in [0.1, 0.15) is 10.4 Å². The first-order valence-electron chi connectivity index (χ1n) is 2.69. The van der Waals surface area contributed by atoms with Crippen molar-refractivity contribution in [1.29, 1.82) is 0 Å². The number of carbonyl (C=O) groups is 1. The number of hydroxylamine groups is 1. The summed E-state index contributed by atoms with van der Waals surface area (Å²) in [5, 5.41) is 8.16. The predicted molar refractivity (Wildman–Crippen MR) is 34.2 cm³/mol. The van der Waals surface area contributed by atoms with Crippen LogP contribution in [-0.2, 0) is 24.0 Å². The number of pyridine rings is 1. The second kappa shape index (κ2) is 12.7. The van der Waals surface area contributed by atoms with E-state index in [9.17, 15) is 4.79 Å². The Morgan fingerprint density at radius 2 is 2.00 bits per heavy atom. The van der Waals surface area contributed by atoms with Crippen LogP contribution in [0.5, 0.6) is 0 Å². The molecule has 2 N–H and O–H groups in total. The van der Waals surface area contributed by atoms with Gasteiger partial charge in [-0.2, -0.15) is 0 Å². The molecule has 5 nitrogen and oxygen atoms in total. The molecule has 0 spiro atoms. The minimum absolute atomic E-state index is 0. The average Bonchev–Trinajstić information content (AvgIpc) is 2.05. The Morgan fingerprint density at radius 1 is 1.43 bits per heavy atom. The monoisotopic (exact) mass is 275 g/mol. The van der Waals surface area contributed by atoms with E-state index < -0.39 is 5.91 Å². The molecule has 77 valence electrons. The number of rotatable bonds is 1. The number of halogens is 2. The van der Waals surface area contributed by atoms with Gasteiger partial charge < -0.3 is 30.3 Å². The van der Waals surface area contributed by atoms with Crippen LogP contribution in [0.3, 0.4) is 0 Å². The number of carbonyl (C=O) groups excluding carboxylic acids is 1. The van der Waals surface area contributed by atoms with Crippen molar-refractivity contribution in [3.8, 4) is 0 Å². The van der Waals surface area contributed by atoms with Crippen LogP contribution >= 0.6 is 0 Å². The van der Waals surface area contributed by atoms with Crippen molar-refractivity contribution in [3.05, 3.63) is 30.1 Å². The van der Waals surface area contributed by atoms with Crippen molar-refractivity contribution in [3.63, 3.8) is 0 Å². The second-order valence-corrected chi connectivity index (χ2v) is 1.68. The van der Waals surface area contributed by atoms with Crippen molar-refractivity contribution in [2.75, 3.05) is 0 Å². The summed E-state index contributed by atoms with van der Waals surface area (Å²) in [6.45, 7) is 0. The summed E-state index contributed by atoms with van der Waals surface area (Å²) in [7, 11) is 0. The smallest absolute Gasteiger partial charge is 2.00 e. The van der Waals surface area contributed by atoms with Crippen LogP contribution < -0.4 is 30.3 Å². The average molecular weight is 276 g/mol. The summed E-state index contributed by atoms with van der Waals surface area (Å²) >= 11 is 0. The standard InChI is InChI=1S/C6H6N2O2.2ClH.O.V/c9-6(8-10)5-2-1-3-7-4-5;;;;/h1-4,10H,(H,8,9);2*1H;;/q;;;-2;+4/p-2. The molecule has 1 heterocycles. The van der Waals surface area contributed by atoms with Crippen LogP contribution in [0.25, 0.3) is 0 Å². The molecule has 0 aliphatic carbocycles. The molecule has 0 aliphatic rings. The normalized spacial score (nSPS) is 6.36. The van der Waals surface area contributed by atoms with Gasteiger partial charge in [-0.25, -0.2) is 5.48 Å². The molecular weight excluding hydrogens is 270 g/mol. The molecule has 0 aliphatic heterocycles. The molecule has 0 saturated heterocycles. The van der Waals surface area contributed by atoms with E-state index >= 15 is 0 Å². The van der Waals surface area contributed by atoms with E-state index in [4.69, 9.17) is 5.21 Å². The SMILES string of the molecule is O=C(NO)c1cccnc1.[Cl-].[Cl-].[O-2].[V+4]. The van der Waals surface area contributed by atoms with Crippen LogP contribution in [0.15, 0.2) is 24.5 Å². The molecule has 0 atom stereocenters. The molecule has 8 heteroatoms. The van der Waals surface area contributed by atoms with Gasteiger partial charge in [-0.15, -0.1) is 0 Å². The Bertz CT molecular complexity index is 238. The minimum Gasteiger partial charge on any atom is -2.00 e. The third-order valence-electron chi connectivity index (χ3n) is 1.03. The van der Waals surface area contributed by atoms with Crippen molar-refractivity contribution in [2.45, 2.75) is 0 Å². The van der Waals surface area contributed by atoms with E-state index in [0.29, 0.717) is 5.56 Å². The Kier molecular flexibility index (Phi) is 21.3. The fraction of sp³-hybridized carbons (Fsp3) is 0. The molecule has 0 bridgehead atoms. The summed E-state index contributed by atoms with van der Waals surface area (Å²) < 4.78 is 0. The molecule has 0 fully saturated rings. The predicted octanol–water partition coefficient (Wildman–Crippen LogP) is -5.91. The summed E-state index contributed by atoms with van der Waals surface area (Å²) in [5.41, 5.74) is 1.84. The van der Waals surface area contributed by atoms with E-state index in [1.807, 2.05) is 0 Å². The third kappa shape index (κ3) is 7.14. The topological polar surface area (TPSA) is 90.7 Å². The number of nitrogens with zero attached hydrogens (tertiary/aromatic N) is 1. The molecule has 14 heavy (non-hydrogen) atoms. The molecular formula is C6H6Cl2N2O3V. The van der Waals surface area contributed by atoms with E-state index in [1.54, 1.807) is 18.3 Å². The zero-order valence-corrected chi connectivity index (χ0v) is 9.63.